The number of methoxy groups -OCH3 is 1. The largest absolute Gasteiger partial charge is 0.497 e. The quantitative estimate of drug-likeness (QED) is 0.322. The Morgan fingerprint density at radius 3 is 2.46 bits per heavy atom. The average Bonchev–Trinajstić information content (AvgIpc) is 3.29. The lowest BCUT2D eigenvalue weighted by atomic mass is 9.99. The summed E-state index contributed by atoms with van der Waals surface area (Å²) >= 11 is 1.45. The summed E-state index contributed by atoms with van der Waals surface area (Å²) < 4.78 is 21.0. The number of carbonyl (C=O) groups excluding carboxylic acids is 2. The lowest BCUT2D eigenvalue weighted by molar-refractivity contribution is -0.122. The number of nitrogens with zero attached hydrogens (tertiary/aromatic N) is 3. The molecule has 0 saturated heterocycles. The van der Waals surface area contributed by atoms with Crippen LogP contribution in [0.3, 0.4) is 0 Å². The van der Waals surface area contributed by atoms with Crippen molar-refractivity contribution in [2.45, 2.75) is 18.6 Å². The molecule has 1 atom stereocenters. The van der Waals surface area contributed by atoms with E-state index in [-0.39, 0.29) is 35.2 Å². The van der Waals surface area contributed by atoms with Gasteiger partial charge in [0.15, 0.2) is 0 Å². The Morgan fingerprint density at radius 1 is 1.08 bits per heavy atom. The molecule has 0 bridgehead atoms. The zero-order chi connectivity index (χ0) is 27.4. The number of halogens is 1. The van der Waals surface area contributed by atoms with Gasteiger partial charge in [-0.25, -0.2) is 9.07 Å². The third kappa shape index (κ3) is 5.54. The summed E-state index contributed by atoms with van der Waals surface area (Å²) in [7, 11) is 1.60. The van der Waals surface area contributed by atoms with Crippen LogP contribution in [0.4, 0.5) is 10.2 Å². The Balaban J connectivity index is 1.77. The highest BCUT2D eigenvalue weighted by atomic mass is 32.2. The van der Waals surface area contributed by atoms with E-state index in [0.29, 0.717) is 29.5 Å². The standard InChI is InChI=1S/C30H29FN4O3S/c1-3-17-32-25(36)18-34-26(37)19-39-29(21-9-11-22(31)12-10-21)27-28(20-7-5-4-6-8-20)33-35(30(27)34)23-13-15-24(38-2)16-14-23/h4-16,29H,3,17-19H2,1-2H3,(H,32,36)/t29-/m1/s1. The van der Waals surface area contributed by atoms with E-state index in [1.807, 2.05) is 61.5 Å². The van der Waals surface area contributed by atoms with Crippen LogP contribution in [0.5, 0.6) is 5.75 Å². The molecule has 0 aliphatic carbocycles. The molecule has 3 aromatic carbocycles. The minimum Gasteiger partial charge on any atom is -0.497 e. The number of hydrogen-bond donors (Lipinski definition) is 1. The molecule has 1 aliphatic rings. The van der Waals surface area contributed by atoms with Crippen LogP contribution in [0, 0.1) is 5.82 Å². The van der Waals surface area contributed by atoms with Gasteiger partial charge in [0.05, 0.1) is 29.5 Å². The molecule has 0 radical (unpaired) electrons. The van der Waals surface area contributed by atoms with Crippen molar-refractivity contribution in [2.24, 2.45) is 0 Å². The van der Waals surface area contributed by atoms with Crippen molar-refractivity contribution in [1.82, 2.24) is 15.1 Å². The fraction of sp³-hybridized carbons (Fsp3) is 0.233. The van der Waals surface area contributed by atoms with E-state index < -0.39 is 0 Å². The number of anilines is 1. The number of rotatable bonds is 8. The highest BCUT2D eigenvalue weighted by Gasteiger charge is 2.37. The monoisotopic (exact) mass is 544 g/mol. The number of ether oxygens (including phenoxy) is 1. The topological polar surface area (TPSA) is 76.5 Å². The maximum Gasteiger partial charge on any atom is 0.240 e. The first-order chi connectivity index (χ1) is 19.0. The maximum atomic E-state index is 13.9. The highest BCUT2D eigenvalue weighted by molar-refractivity contribution is 8.00. The van der Waals surface area contributed by atoms with Crippen molar-refractivity contribution < 1.29 is 18.7 Å². The third-order valence-electron chi connectivity index (χ3n) is 6.50. The van der Waals surface area contributed by atoms with Crippen molar-refractivity contribution >= 4 is 29.4 Å². The fourth-order valence-electron chi connectivity index (χ4n) is 4.60. The average molecular weight is 545 g/mol. The lowest BCUT2D eigenvalue weighted by Gasteiger charge is -2.23. The van der Waals surface area contributed by atoms with Crippen LogP contribution in [-0.4, -0.2) is 47.5 Å². The van der Waals surface area contributed by atoms with Crippen molar-refractivity contribution in [3.05, 3.63) is 95.8 Å². The molecule has 2 heterocycles. The second kappa shape index (κ2) is 11.7. The maximum absolute atomic E-state index is 13.9. The van der Waals surface area contributed by atoms with Crippen LogP contribution in [0.1, 0.15) is 29.7 Å². The number of fused-ring (bicyclic) bond motifs is 1. The molecular weight excluding hydrogens is 515 g/mol. The SMILES string of the molecule is CCCNC(=O)CN1C(=O)CS[C@H](c2ccc(F)cc2)c2c(-c3ccccc3)nn(-c3ccc(OC)cc3)c21. The van der Waals surface area contributed by atoms with Gasteiger partial charge in [-0.15, -0.1) is 11.8 Å². The van der Waals surface area contributed by atoms with Crippen LogP contribution in [-0.2, 0) is 9.59 Å². The Kier molecular flexibility index (Phi) is 7.97. The number of benzene rings is 3. The Labute approximate surface area is 231 Å². The molecule has 1 aliphatic heterocycles. The summed E-state index contributed by atoms with van der Waals surface area (Å²) in [6.45, 7) is 2.36. The third-order valence-corrected chi connectivity index (χ3v) is 7.75. The van der Waals surface area contributed by atoms with E-state index in [1.165, 1.54) is 28.8 Å². The van der Waals surface area contributed by atoms with Gasteiger partial charge in [0.2, 0.25) is 11.8 Å². The van der Waals surface area contributed by atoms with Gasteiger partial charge < -0.3 is 10.1 Å². The van der Waals surface area contributed by atoms with E-state index >= 15 is 0 Å². The Bertz CT molecular complexity index is 1460. The van der Waals surface area contributed by atoms with Crippen LogP contribution in [0.25, 0.3) is 16.9 Å². The van der Waals surface area contributed by atoms with E-state index in [0.717, 1.165) is 23.1 Å². The molecule has 4 aromatic rings. The molecule has 9 heteroatoms. The molecule has 5 rings (SSSR count). The molecule has 39 heavy (non-hydrogen) atoms. The molecule has 0 saturated carbocycles. The second-order valence-electron chi connectivity index (χ2n) is 9.13. The number of carbonyl (C=O) groups is 2. The number of nitrogens with one attached hydrogen (secondary N) is 1. The highest BCUT2D eigenvalue weighted by Crippen LogP contribution is 2.48. The molecule has 1 N–H and O–H groups in total. The normalized spacial score (nSPS) is 15.0. The number of thioether (sulfide) groups is 1. The van der Waals surface area contributed by atoms with Crippen molar-refractivity contribution in [3.8, 4) is 22.7 Å². The molecule has 0 fully saturated rings. The fourth-order valence-corrected chi connectivity index (χ4v) is 5.79. The molecule has 0 spiro atoms. The zero-order valence-electron chi connectivity index (χ0n) is 21.8. The van der Waals surface area contributed by atoms with Gasteiger partial charge in [0.25, 0.3) is 0 Å². The van der Waals surface area contributed by atoms with Crippen molar-refractivity contribution in [1.29, 1.82) is 0 Å². The Hall–Kier alpha value is -4.11. The smallest absolute Gasteiger partial charge is 0.240 e. The lowest BCUT2D eigenvalue weighted by Crippen LogP contribution is -2.42. The minimum atomic E-state index is -0.333. The van der Waals surface area contributed by atoms with Gasteiger partial charge in [0, 0.05) is 17.7 Å². The van der Waals surface area contributed by atoms with Gasteiger partial charge in [-0.2, -0.15) is 5.10 Å². The van der Waals surface area contributed by atoms with Gasteiger partial charge in [0.1, 0.15) is 23.9 Å². The summed E-state index contributed by atoms with van der Waals surface area (Å²) in [5.74, 6) is 0.577. The van der Waals surface area contributed by atoms with E-state index in [2.05, 4.69) is 5.32 Å². The van der Waals surface area contributed by atoms with Crippen LogP contribution >= 0.6 is 11.8 Å². The number of aromatic nitrogens is 2. The molecule has 1 aromatic heterocycles. The first kappa shape index (κ1) is 26.5. The summed E-state index contributed by atoms with van der Waals surface area (Å²) in [5, 5.41) is 7.60. The van der Waals surface area contributed by atoms with E-state index in [1.54, 1.807) is 23.9 Å². The van der Waals surface area contributed by atoms with Crippen molar-refractivity contribution in [3.63, 3.8) is 0 Å². The van der Waals surface area contributed by atoms with Crippen molar-refractivity contribution in [2.75, 3.05) is 30.9 Å². The van der Waals surface area contributed by atoms with Crippen LogP contribution < -0.4 is 15.0 Å². The predicted molar refractivity (Wildman–Crippen MR) is 152 cm³/mol. The predicted octanol–water partition coefficient (Wildman–Crippen LogP) is 5.38. The second-order valence-corrected chi connectivity index (χ2v) is 10.2. The van der Waals surface area contributed by atoms with Gasteiger partial charge >= 0.3 is 0 Å². The summed E-state index contributed by atoms with van der Waals surface area (Å²) in [6.07, 6.45) is 0.787. The zero-order valence-corrected chi connectivity index (χ0v) is 22.6. The summed E-state index contributed by atoms with van der Waals surface area (Å²) in [4.78, 5) is 28.1. The molecule has 2 amide bonds. The first-order valence-electron chi connectivity index (χ1n) is 12.8. The first-order valence-corrected chi connectivity index (χ1v) is 13.8. The van der Waals surface area contributed by atoms with Crippen LogP contribution in [0.15, 0.2) is 78.9 Å². The molecule has 7 nitrogen and oxygen atoms in total. The van der Waals surface area contributed by atoms with E-state index in [4.69, 9.17) is 9.84 Å². The summed E-state index contributed by atoms with van der Waals surface area (Å²) in [6, 6.07) is 23.5. The van der Waals surface area contributed by atoms with E-state index in [9.17, 15) is 14.0 Å². The molecule has 0 unspecified atom stereocenters. The Morgan fingerprint density at radius 2 is 1.79 bits per heavy atom. The number of hydrogen-bond acceptors (Lipinski definition) is 5. The molecular formula is C30H29FN4O3S. The van der Waals surface area contributed by atoms with Gasteiger partial charge in [-0.3, -0.25) is 14.5 Å². The molecule has 200 valence electrons. The summed E-state index contributed by atoms with van der Waals surface area (Å²) in [5.41, 5.74) is 3.92. The number of amides is 2. The minimum absolute atomic E-state index is 0.140. The van der Waals surface area contributed by atoms with Gasteiger partial charge in [-0.1, -0.05) is 49.4 Å². The van der Waals surface area contributed by atoms with Crippen LogP contribution in [0.2, 0.25) is 0 Å². The van der Waals surface area contributed by atoms with Gasteiger partial charge in [-0.05, 0) is 48.4 Å².